The Morgan fingerprint density at radius 1 is 1.29 bits per heavy atom. The fourth-order valence-corrected chi connectivity index (χ4v) is 3.02. The van der Waals surface area contributed by atoms with E-state index in [0.29, 0.717) is 0 Å². The van der Waals surface area contributed by atoms with Crippen molar-refractivity contribution in [1.82, 2.24) is 10.3 Å². The molecule has 0 spiro atoms. The molecule has 5 heteroatoms. The summed E-state index contributed by atoms with van der Waals surface area (Å²) in [4.78, 5) is 16.4. The first-order chi connectivity index (χ1) is 11.3. The van der Waals surface area contributed by atoms with Crippen molar-refractivity contribution in [2.24, 2.45) is 0 Å². The lowest BCUT2D eigenvalue weighted by molar-refractivity contribution is 0.0501. The zero-order valence-corrected chi connectivity index (χ0v) is 15.7. The van der Waals surface area contributed by atoms with E-state index in [1.54, 1.807) is 11.3 Å². The molecule has 0 saturated carbocycles. The van der Waals surface area contributed by atoms with Gasteiger partial charge in [0.15, 0.2) is 0 Å². The number of nitrogens with one attached hydrogen (secondary N) is 1. The molecule has 0 aliphatic rings. The van der Waals surface area contributed by atoms with Crippen LogP contribution in [0.1, 0.15) is 43.3 Å². The molecule has 130 valence electrons. The Labute approximate surface area is 148 Å². The van der Waals surface area contributed by atoms with Gasteiger partial charge in [0, 0.05) is 24.0 Å². The third kappa shape index (κ3) is 6.71. The van der Waals surface area contributed by atoms with Crippen molar-refractivity contribution >= 4 is 17.4 Å². The van der Waals surface area contributed by atoms with E-state index in [0.717, 1.165) is 24.3 Å². The van der Waals surface area contributed by atoms with Gasteiger partial charge in [0.05, 0.1) is 5.01 Å². The number of amides is 1. The zero-order chi connectivity index (χ0) is 17.6. The number of aryl methyl sites for hydroxylation is 2. The highest BCUT2D eigenvalue weighted by molar-refractivity contribution is 7.09. The number of aromatic nitrogens is 1. The number of hydrogen-bond donors (Lipinski definition) is 1. The van der Waals surface area contributed by atoms with Crippen LogP contribution in [0, 0.1) is 6.92 Å². The molecule has 0 fully saturated rings. The standard InChI is InChI=1S/C19H26N2O2S/c1-14-5-7-15(8-6-14)13-16(9-10-17-20-11-12-24-17)21-18(22)23-19(2,3)4/h5-8,11-12,16H,9-10,13H2,1-4H3,(H,21,22)/t16-/m1/s1. The summed E-state index contributed by atoms with van der Waals surface area (Å²) in [5, 5.41) is 6.09. The number of ether oxygens (including phenoxy) is 1. The van der Waals surface area contributed by atoms with Gasteiger partial charge in [-0.15, -0.1) is 11.3 Å². The van der Waals surface area contributed by atoms with Crippen LogP contribution in [0.15, 0.2) is 35.8 Å². The number of hydrogen-bond acceptors (Lipinski definition) is 4. The first-order valence-corrected chi connectivity index (χ1v) is 9.13. The maximum Gasteiger partial charge on any atom is 0.407 e. The molecule has 0 unspecified atom stereocenters. The van der Waals surface area contributed by atoms with Gasteiger partial charge in [-0.25, -0.2) is 9.78 Å². The Bertz CT molecular complexity index is 630. The number of thiazole rings is 1. The van der Waals surface area contributed by atoms with E-state index in [1.807, 2.05) is 32.3 Å². The second kappa shape index (κ2) is 8.29. The molecule has 0 radical (unpaired) electrons. The van der Waals surface area contributed by atoms with E-state index in [-0.39, 0.29) is 12.1 Å². The second-order valence-corrected chi connectivity index (χ2v) is 7.98. The van der Waals surface area contributed by atoms with Gasteiger partial charge in [-0.1, -0.05) is 29.8 Å². The summed E-state index contributed by atoms with van der Waals surface area (Å²) < 4.78 is 5.40. The van der Waals surface area contributed by atoms with Crippen LogP contribution in [0.25, 0.3) is 0 Å². The Kier molecular flexibility index (Phi) is 6.37. The van der Waals surface area contributed by atoms with E-state index in [2.05, 4.69) is 41.5 Å². The fourth-order valence-electron chi connectivity index (χ4n) is 2.38. The summed E-state index contributed by atoms with van der Waals surface area (Å²) in [6, 6.07) is 8.44. The molecule has 0 aliphatic heterocycles. The van der Waals surface area contributed by atoms with Crippen LogP contribution in [0.4, 0.5) is 4.79 Å². The van der Waals surface area contributed by atoms with Crippen molar-refractivity contribution in [3.63, 3.8) is 0 Å². The molecular weight excluding hydrogens is 320 g/mol. The molecule has 1 aromatic carbocycles. The van der Waals surface area contributed by atoms with Gasteiger partial charge in [0.1, 0.15) is 5.60 Å². The van der Waals surface area contributed by atoms with E-state index in [4.69, 9.17) is 4.74 Å². The van der Waals surface area contributed by atoms with Gasteiger partial charge >= 0.3 is 6.09 Å². The van der Waals surface area contributed by atoms with Crippen LogP contribution in [-0.2, 0) is 17.6 Å². The van der Waals surface area contributed by atoms with Crippen molar-refractivity contribution in [3.8, 4) is 0 Å². The van der Waals surface area contributed by atoms with Crippen LogP contribution < -0.4 is 5.32 Å². The van der Waals surface area contributed by atoms with Gasteiger partial charge in [0.25, 0.3) is 0 Å². The number of benzene rings is 1. The highest BCUT2D eigenvalue weighted by Gasteiger charge is 2.20. The lowest BCUT2D eigenvalue weighted by atomic mass is 10.0. The second-order valence-electron chi connectivity index (χ2n) is 7.00. The highest BCUT2D eigenvalue weighted by atomic mass is 32.1. The first kappa shape index (κ1) is 18.5. The van der Waals surface area contributed by atoms with Crippen LogP contribution >= 0.6 is 11.3 Å². The Morgan fingerprint density at radius 3 is 2.58 bits per heavy atom. The van der Waals surface area contributed by atoms with Crippen molar-refractivity contribution in [1.29, 1.82) is 0 Å². The molecule has 1 heterocycles. The normalized spacial score (nSPS) is 12.7. The van der Waals surface area contributed by atoms with Gasteiger partial charge in [-0.3, -0.25) is 0 Å². The minimum Gasteiger partial charge on any atom is -0.444 e. The maximum absolute atomic E-state index is 12.1. The summed E-state index contributed by atoms with van der Waals surface area (Å²) in [5.41, 5.74) is 1.95. The number of carbonyl (C=O) groups excluding carboxylic acids is 1. The predicted molar refractivity (Wildman–Crippen MR) is 98.5 cm³/mol. The third-order valence-corrected chi connectivity index (χ3v) is 4.35. The van der Waals surface area contributed by atoms with Gasteiger partial charge in [-0.05, 0) is 46.1 Å². The SMILES string of the molecule is Cc1ccc(C[C@@H](CCc2nccs2)NC(=O)OC(C)(C)C)cc1. The number of rotatable bonds is 6. The minimum atomic E-state index is -0.492. The third-order valence-electron chi connectivity index (χ3n) is 3.51. The molecule has 2 aromatic rings. The molecule has 4 nitrogen and oxygen atoms in total. The van der Waals surface area contributed by atoms with E-state index in [9.17, 15) is 4.79 Å². The van der Waals surface area contributed by atoms with E-state index in [1.165, 1.54) is 11.1 Å². The van der Waals surface area contributed by atoms with Crippen molar-refractivity contribution < 1.29 is 9.53 Å². The van der Waals surface area contributed by atoms with Crippen LogP contribution in [0.2, 0.25) is 0 Å². The molecule has 1 amide bonds. The number of carbonyl (C=O) groups is 1. The fraction of sp³-hybridized carbons (Fsp3) is 0.474. The molecule has 1 atom stereocenters. The highest BCUT2D eigenvalue weighted by Crippen LogP contribution is 2.14. The summed E-state index contributed by atoms with van der Waals surface area (Å²) in [6.07, 6.45) is 3.92. The van der Waals surface area contributed by atoms with E-state index >= 15 is 0 Å². The van der Waals surface area contributed by atoms with Crippen LogP contribution in [-0.4, -0.2) is 22.7 Å². The minimum absolute atomic E-state index is 0.0199. The van der Waals surface area contributed by atoms with Gasteiger partial charge in [-0.2, -0.15) is 0 Å². The zero-order valence-electron chi connectivity index (χ0n) is 14.8. The van der Waals surface area contributed by atoms with Crippen LogP contribution in [0.3, 0.4) is 0 Å². The Balaban J connectivity index is 1.99. The summed E-state index contributed by atoms with van der Waals surface area (Å²) in [5.74, 6) is 0. The molecule has 1 N–H and O–H groups in total. The lowest BCUT2D eigenvalue weighted by Crippen LogP contribution is -2.40. The average molecular weight is 346 g/mol. The average Bonchev–Trinajstić information content (AvgIpc) is 2.98. The molecule has 0 aliphatic carbocycles. The van der Waals surface area contributed by atoms with Crippen LogP contribution in [0.5, 0.6) is 0 Å². The quantitative estimate of drug-likeness (QED) is 0.836. The maximum atomic E-state index is 12.1. The molecule has 24 heavy (non-hydrogen) atoms. The molecule has 0 saturated heterocycles. The van der Waals surface area contributed by atoms with Crippen molar-refractivity contribution in [2.75, 3.05) is 0 Å². The summed E-state index contributed by atoms with van der Waals surface area (Å²) in [6.45, 7) is 7.69. The van der Waals surface area contributed by atoms with Gasteiger partial charge < -0.3 is 10.1 Å². The van der Waals surface area contributed by atoms with E-state index < -0.39 is 5.60 Å². The summed E-state index contributed by atoms with van der Waals surface area (Å²) >= 11 is 1.65. The molecular formula is C19H26N2O2S. The molecule has 2 rings (SSSR count). The first-order valence-electron chi connectivity index (χ1n) is 8.25. The molecule has 1 aromatic heterocycles. The predicted octanol–water partition coefficient (Wildman–Crippen LogP) is 4.52. The lowest BCUT2D eigenvalue weighted by Gasteiger charge is -2.23. The largest absolute Gasteiger partial charge is 0.444 e. The number of nitrogens with zero attached hydrogens (tertiary/aromatic N) is 1. The number of alkyl carbamates (subject to hydrolysis) is 1. The Morgan fingerprint density at radius 2 is 2.00 bits per heavy atom. The topological polar surface area (TPSA) is 51.2 Å². The smallest absolute Gasteiger partial charge is 0.407 e. The summed E-state index contributed by atoms with van der Waals surface area (Å²) in [7, 11) is 0. The monoisotopic (exact) mass is 346 g/mol. The van der Waals surface area contributed by atoms with Crippen molar-refractivity contribution in [3.05, 3.63) is 52.0 Å². The van der Waals surface area contributed by atoms with Gasteiger partial charge in [0.2, 0.25) is 0 Å². The van der Waals surface area contributed by atoms with Crippen molar-refractivity contribution in [2.45, 2.75) is 58.6 Å². The Hall–Kier alpha value is -1.88. The molecule has 0 bridgehead atoms.